The lowest BCUT2D eigenvalue weighted by molar-refractivity contribution is -0.134. The zero-order chi connectivity index (χ0) is 18.7. The van der Waals surface area contributed by atoms with Crippen molar-refractivity contribution < 1.29 is 14.3 Å². The summed E-state index contributed by atoms with van der Waals surface area (Å²) >= 11 is 12.1. The van der Waals surface area contributed by atoms with Crippen molar-refractivity contribution in [2.45, 2.75) is 19.4 Å². The summed E-state index contributed by atoms with van der Waals surface area (Å²) in [5, 5.41) is 6.15. The summed E-state index contributed by atoms with van der Waals surface area (Å²) in [7, 11) is 1.60. The van der Waals surface area contributed by atoms with Crippen LogP contribution in [0.5, 0.6) is 5.75 Å². The second-order valence-electron chi connectivity index (χ2n) is 6.17. The van der Waals surface area contributed by atoms with Crippen molar-refractivity contribution >= 4 is 40.7 Å². The molecule has 7 heteroatoms. The Morgan fingerprint density at radius 1 is 1.08 bits per heavy atom. The zero-order valence-corrected chi connectivity index (χ0v) is 15.7. The van der Waals surface area contributed by atoms with E-state index < -0.39 is 5.41 Å². The van der Waals surface area contributed by atoms with Gasteiger partial charge in [-0.25, -0.2) is 0 Å². The molecule has 0 aliphatic heterocycles. The zero-order valence-electron chi connectivity index (χ0n) is 14.1. The summed E-state index contributed by atoms with van der Waals surface area (Å²) < 4.78 is 5.10. The quantitative estimate of drug-likeness (QED) is 0.728. The van der Waals surface area contributed by atoms with Crippen LogP contribution in [0.2, 0.25) is 10.0 Å². The number of halogens is 2. The molecule has 0 heterocycles. The fraction of sp³-hybridized carbons (Fsp3) is 0.263. The second-order valence-corrected chi connectivity index (χ2v) is 6.95. The number of carbonyl (C=O) groups is 2. The number of ether oxygens (including phenoxy) is 1. The Labute approximate surface area is 161 Å². The Kier molecular flexibility index (Phi) is 5.39. The van der Waals surface area contributed by atoms with Crippen LogP contribution in [0.25, 0.3) is 0 Å². The van der Waals surface area contributed by atoms with Crippen molar-refractivity contribution in [2.24, 2.45) is 5.41 Å². The van der Waals surface area contributed by atoms with Crippen molar-refractivity contribution in [1.82, 2.24) is 5.32 Å². The van der Waals surface area contributed by atoms with E-state index in [1.807, 2.05) is 24.3 Å². The van der Waals surface area contributed by atoms with Crippen LogP contribution in [-0.4, -0.2) is 18.9 Å². The van der Waals surface area contributed by atoms with Gasteiger partial charge < -0.3 is 15.4 Å². The standard InChI is InChI=1S/C19H18Cl2N2O3/c1-26-13-7-5-12(6-8-13)11-22-17(24)19(9-10-19)18(25)23-15-4-2-3-14(20)16(15)21/h2-8H,9-11H2,1H3,(H,22,24)(H,23,25). The number of benzene rings is 2. The predicted molar refractivity (Wildman–Crippen MR) is 102 cm³/mol. The third kappa shape index (κ3) is 3.79. The van der Waals surface area contributed by atoms with Crippen LogP contribution in [0.15, 0.2) is 42.5 Å². The van der Waals surface area contributed by atoms with E-state index in [4.69, 9.17) is 27.9 Å². The minimum Gasteiger partial charge on any atom is -0.497 e. The van der Waals surface area contributed by atoms with Gasteiger partial charge in [0, 0.05) is 6.54 Å². The molecule has 0 saturated heterocycles. The van der Waals surface area contributed by atoms with E-state index in [0.717, 1.165) is 11.3 Å². The van der Waals surface area contributed by atoms with Crippen molar-refractivity contribution in [1.29, 1.82) is 0 Å². The van der Waals surface area contributed by atoms with Crippen LogP contribution in [0.1, 0.15) is 18.4 Å². The molecule has 0 radical (unpaired) electrons. The Hall–Kier alpha value is -2.24. The Balaban J connectivity index is 1.62. The van der Waals surface area contributed by atoms with Gasteiger partial charge in [-0.05, 0) is 42.7 Å². The fourth-order valence-electron chi connectivity index (χ4n) is 2.62. The van der Waals surface area contributed by atoms with Crippen LogP contribution in [0.4, 0.5) is 5.69 Å². The van der Waals surface area contributed by atoms with Gasteiger partial charge in [0.15, 0.2) is 0 Å². The van der Waals surface area contributed by atoms with E-state index in [1.165, 1.54) is 0 Å². The first-order valence-electron chi connectivity index (χ1n) is 8.13. The lowest BCUT2D eigenvalue weighted by atomic mass is 10.0. The number of methoxy groups -OCH3 is 1. The minimum atomic E-state index is -1.04. The number of carbonyl (C=O) groups excluding carboxylic acids is 2. The maximum atomic E-state index is 12.6. The molecule has 0 spiro atoms. The predicted octanol–water partition coefficient (Wildman–Crippen LogP) is 4.04. The van der Waals surface area contributed by atoms with Crippen LogP contribution in [0, 0.1) is 5.41 Å². The van der Waals surface area contributed by atoms with Crippen molar-refractivity contribution in [2.75, 3.05) is 12.4 Å². The molecule has 2 aromatic rings. The molecule has 2 aromatic carbocycles. The third-order valence-electron chi connectivity index (χ3n) is 4.43. The van der Waals surface area contributed by atoms with Crippen molar-refractivity contribution in [3.8, 4) is 5.75 Å². The number of rotatable bonds is 6. The number of amides is 2. The van der Waals surface area contributed by atoms with Crippen molar-refractivity contribution in [3.63, 3.8) is 0 Å². The topological polar surface area (TPSA) is 67.4 Å². The summed E-state index contributed by atoms with van der Waals surface area (Å²) in [4.78, 5) is 25.2. The van der Waals surface area contributed by atoms with E-state index in [2.05, 4.69) is 10.6 Å². The van der Waals surface area contributed by atoms with Crippen LogP contribution in [-0.2, 0) is 16.1 Å². The van der Waals surface area contributed by atoms with Gasteiger partial charge in [0.25, 0.3) is 0 Å². The number of hydrogen-bond donors (Lipinski definition) is 2. The second kappa shape index (κ2) is 7.56. The normalized spacial score (nSPS) is 14.4. The number of anilines is 1. The average Bonchev–Trinajstić information content (AvgIpc) is 3.46. The Morgan fingerprint density at radius 2 is 1.77 bits per heavy atom. The minimum absolute atomic E-state index is 0.261. The first-order valence-corrected chi connectivity index (χ1v) is 8.88. The molecule has 1 aliphatic rings. The maximum Gasteiger partial charge on any atom is 0.240 e. The summed E-state index contributed by atoms with van der Waals surface area (Å²) in [6, 6.07) is 12.3. The highest BCUT2D eigenvalue weighted by atomic mass is 35.5. The molecular weight excluding hydrogens is 375 g/mol. The fourth-order valence-corrected chi connectivity index (χ4v) is 2.97. The van der Waals surface area contributed by atoms with Gasteiger partial charge in [0.2, 0.25) is 11.8 Å². The van der Waals surface area contributed by atoms with E-state index >= 15 is 0 Å². The molecule has 0 atom stereocenters. The first-order chi connectivity index (χ1) is 12.5. The molecule has 1 aliphatic carbocycles. The molecule has 0 bridgehead atoms. The SMILES string of the molecule is COc1ccc(CNC(=O)C2(C(=O)Nc3cccc(Cl)c3Cl)CC2)cc1. The van der Waals surface area contributed by atoms with Gasteiger partial charge >= 0.3 is 0 Å². The van der Waals surface area contributed by atoms with Crippen molar-refractivity contribution in [3.05, 3.63) is 58.1 Å². The Bertz CT molecular complexity index is 833. The molecule has 2 amide bonds. The van der Waals surface area contributed by atoms with Crippen LogP contribution < -0.4 is 15.4 Å². The van der Waals surface area contributed by atoms with E-state index in [0.29, 0.717) is 30.1 Å². The largest absolute Gasteiger partial charge is 0.497 e. The summed E-state index contributed by atoms with van der Waals surface area (Å²) in [6.07, 6.45) is 1.01. The highest BCUT2D eigenvalue weighted by molar-refractivity contribution is 6.44. The van der Waals surface area contributed by atoms with Gasteiger partial charge in [-0.1, -0.05) is 41.4 Å². The monoisotopic (exact) mass is 392 g/mol. The molecular formula is C19H18Cl2N2O3. The average molecular weight is 393 g/mol. The number of hydrogen-bond acceptors (Lipinski definition) is 3. The van der Waals surface area contributed by atoms with Gasteiger partial charge in [0.05, 0.1) is 22.8 Å². The lowest BCUT2D eigenvalue weighted by Gasteiger charge is -2.16. The molecule has 5 nitrogen and oxygen atoms in total. The number of nitrogens with one attached hydrogen (secondary N) is 2. The maximum absolute atomic E-state index is 12.6. The third-order valence-corrected chi connectivity index (χ3v) is 5.25. The van der Waals surface area contributed by atoms with E-state index in [-0.39, 0.29) is 16.8 Å². The molecule has 3 rings (SSSR count). The highest BCUT2D eigenvalue weighted by Gasteiger charge is 2.56. The smallest absolute Gasteiger partial charge is 0.240 e. The molecule has 2 N–H and O–H groups in total. The van der Waals surface area contributed by atoms with Gasteiger partial charge in [-0.15, -0.1) is 0 Å². The molecule has 0 unspecified atom stereocenters. The van der Waals surface area contributed by atoms with E-state index in [1.54, 1.807) is 25.3 Å². The molecule has 1 fully saturated rings. The molecule has 26 heavy (non-hydrogen) atoms. The van der Waals surface area contributed by atoms with Gasteiger partial charge in [0.1, 0.15) is 11.2 Å². The highest BCUT2D eigenvalue weighted by Crippen LogP contribution is 2.47. The lowest BCUT2D eigenvalue weighted by Crippen LogP contribution is -2.39. The molecule has 0 aromatic heterocycles. The van der Waals surface area contributed by atoms with Crippen LogP contribution >= 0.6 is 23.2 Å². The van der Waals surface area contributed by atoms with E-state index in [9.17, 15) is 9.59 Å². The van der Waals surface area contributed by atoms with Gasteiger partial charge in [-0.2, -0.15) is 0 Å². The summed E-state index contributed by atoms with van der Waals surface area (Å²) in [5.74, 6) is 0.0920. The first kappa shape index (κ1) is 18.5. The summed E-state index contributed by atoms with van der Waals surface area (Å²) in [5.41, 5.74) is 0.282. The molecule has 1 saturated carbocycles. The van der Waals surface area contributed by atoms with Crippen LogP contribution in [0.3, 0.4) is 0 Å². The van der Waals surface area contributed by atoms with Gasteiger partial charge in [-0.3, -0.25) is 9.59 Å². The molecule has 136 valence electrons. The Morgan fingerprint density at radius 3 is 2.38 bits per heavy atom. The summed E-state index contributed by atoms with van der Waals surface area (Å²) in [6.45, 7) is 0.343.